The van der Waals surface area contributed by atoms with E-state index in [1.54, 1.807) is 0 Å². The van der Waals surface area contributed by atoms with Gasteiger partial charge >= 0.3 is 6.09 Å². The Bertz CT molecular complexity index is 371. The quantitative estimate of drug-likeness (QED) is 0.637. The van der Waals surface area contributed by atoms with Crippen LogP contribution >= 0.6 is 0 Å². The molecule has 1 aliphatic heterocycles. The van der Waals surface area contributed by atoms with Crippen molar-refractivity contribution in [2.75, 3.05) is 32.5 Å². The molecule has 0 bridgehead atoms. The molecule has 1 fully saturated rings. The van der Waals surface area contributed by atoms with Gasteiger partial charge in [-0.1, -0.05) is 0 Å². The standard InChI is InChI=1S/C10H21N3O4S/c1-17-10(14)12-9-4-6-13(8-9)18(15,16)7-3-2-5-11/h9H,2-8,11H2,1H3,(H,12,14). The molecule has 0 aromatic carbocycles. The average molecular weight is 279 g/mol. The summed E-state index contributed by atoms with van der Waals surface area (Å²) in [5, 5.41) is 2.61. The Morgan fingerprint density at radius 1 is 1.50 bits per heavy atom. The number of nitrogens with one attached hydrogen (secondary N) is 1. The Morgan fingerprint density at radius 2 is 2.22 bits per heavy atom. The van der Waals surface area contributed by atoms with Crippen LogP contribution in [-0.4, -0.2) is 57.4 Å². The molecule has 1 aliphatic rings. The number of amides is 1. The third kappa shape index (κ3) is 4.43. The molecule has 18 heavy (non-hydrogen) atoms. The summed E-state index contributed by atoms with van der Waals surface area (Å²) in [4.78, 5) is 11.0. The predicted octanol–water partition coefficient (Wildman–Crippen LogP) is -0.515. The molecule has 0 spiro atoms. The molecule has 1 amide bonds. The molecule has 1 saturated heterocycles. The zero-order valence-electron chi connectivity index (χ0n) is 10.6. The van der Waals surface area contributed by atoms with Crippen LogP contribution in [-0.2, 0) is 14.8 Å². The first-order chi connectivity index (χ1) is 8.49. The van der Waals surface area contributed by atoms with Gasteiger partial charge in [-0.3, -0.25) is 0 Å². The number of hydrogen-bond acceptors (Lipinski definition) is 5. The van der Waals surface area contributed by atoms with Crippen LogP contribution in [0, 0.1) is 0 Å². The number of alkyl carbamates (subject to hydrolysis) is 1. The van der Waals surface area contributed by atoms with Crippen LogP contribution < -0.4 is 11.1 Å². The molecule has 0 radical (unpaired) electrons. The van der Waals surface area contributed by atoms with Crippen LogP contribution in [0.25, 0.3) is 0 Å². The number of carbonyl (C=O) groups excluding carboxylic acids is 1. The predicted molar refractivity (Wildman–Crippen MR) is 67.6 cm³/mol. The maximum atomic E-state index is 11.9. The molecule has 3 N–H and O–H groups in total. The highest BCUT2D eigenvalue weighted by Crippen LogP contribution is 2.15. The fourth-order valence-corrected chi connectivity index (χ4v) is 3.50. The SMILES string of the molecule is COC(=O)NC1CCN(S(=O)(=O)CCCCN)C1. The summed E-state index contributed by atoms with van der Waals surface area (Å²) in [7, 11) is -1.94. The molecule has 7 nitrogen and oxygen atoms in total. The minimum absolute atomic E-state index is 0.120. The number of hydrogen-bond donors (Lipinski definition) is 2. The zero-order valence-corrected chi connectivity index (χ0v) is 11.4. The maximum absolute atomic E-state index is 11.9. The summed E-state index contributed by atoms with van der Waals surface area (Å²) in [6.45, 7) is 1.27. The number of carbonyl (C=O) groups is 1. The lowest BCUT2D eigenvalue weighted by Crippen LogP contribution is -2.39. The molecular formula is C10H21N3O4S. The number of sulfonamides is 1. The molecule has 0 saturated carbocycles. The van der Waals surface area contributed by atoms with E-state index in [0.29, 0.717) is 38.9 Å². The highest BCUT2D eigenvalue weighted by molar-refractivity contribution is 7.89. The lowest BCUT2D eigenvalue weighted by atomic mass is 10.3. The number of methoxy groups -OCH3 is 1. The smallest absolute Gasteiger partial charge is 0.407 e. The minimum atomic E-state index is -3.22. The first-order valence-corrected chi connectivity index (χ1v) is 7.63. The minimum Gasteiger partial charge on any atom is -0.453 e. The summed E-state index contributed by atoms with van der Waals surface area (Å²) in [6.07, 6.45) is 1.37. The Balaban J connectivity index is 2.42. The normalized spacial score (nSPS) is 20.9. The second-order valence-corrected chi connectivity index (χ2v) is 6.38. The second kappa shape index (κ2) is 6.91. The largest absolute Gasteiger partial charge is 0.453 e. The highest BCUT2D eigenvalue weighted by Gasteiger charge is 2.31. The molecule has 0 aromatic heterocycles. The van der Waals surface area contributed by atoms with Crippen molar-refractivity contribution in [1.82, 2.24) is 9.62 Å². The summed E-state index contributed by atoms with van der Waals surface area (Å²) >= 11 is 0. The van der Waals surface area contributed by atoms with Crippen LogP contribution in [0.2, 0.25) is 0 Å². The molecule has 1 unspecified atom stereocenters. The fourth-order valence-electron chi connectivity index (χ4n) is 1.88. The molecule has 1 atom stereocenters. The fraction of sp³-hybridized carbons (Fsp3) is 0.900. The van der Waals surface area contributed by atoms with E-state index in [1.165, 1.54) is 11.4 Å². The van der Waals surface area contributed by atoms with Crippen molar-refractivity contribution < 1.29 is 17.9 Å². The van der Waals surface area contributed by atoms with Crippen LogP contribution in [0.15, 0.2) is 0 Å². The van der Waals surface area contributed by atoms with Crippen molar-refractivity contribution in [3.63, 3.8) is 0 Å². The number of ether oxygens (including phenoxy) is 1. The van der Waals surface area contributed by atoms with Crippen molar-refractivity contribution in [3.05, 3.63) is 0 Å². The van der Waals surface area contributed by atoms with Gasteiger partial charge in [0.15, 0.2) is 0 Å². The van der Waals surface area contributed by atoms with E-state index in [2.05, 4.69) is 10.1 Å². The van der Waals surface area contributed by atoms with Gasteiger partial charge in [0.05, 0.1) is 12.9 Å². The van der Waals surface area contributed by atoms with Crippen molar-refractivity contribution >= 4 is 16.1 Å². The molecule has 8 heteroatoms. The van der Waals surface area contributed by atoms with Gasteiger partial charge in [0, 0.05) is 19.1 Å². The lowest BCUT2D eigenvalue weighted by molar-refractivity contribution is 0.167. The first-order valence-electron chi connectivity index (χ1n) is 6.02. The van der Waals surface area contributed by atoms with E-state index in [1.807, 2.05) is 0 Å². The Kier molecular flexibility index (Phi) is 5.83. The first kappa shape index (κ1) is 15.2. The van der Waals surface area contributed by atoms with E-state index in [-0.39, 0.29) is 11.8 Å². The van der Waals surface area contributed by atoms with Crippen molar-refractivity contribution in [2.24, 2.45) is 5.73 Å². The third-order valence-corrected chi connectivity index (χ3v) is 4.83. The molecule has 1 rings (SSSR count). The Labute approximate surface area is 108 Å². The maximum Gasteiger partial charge on any atom is 0.407 e. The second-order valence-electron chi connectivity index (χ2n) is 4.29. The van der Waals surface area contributed by atoms with Crippen molar-refractivity contribution in [2.45, 2.75) is 25.3 Å². The van der Waals surface area contributed by atoms with E-state index in [9.17, 15) is 13.2 Å². The Hall–Kier alpha value is -0.860. The number of nitrogens with two attached hydrogens (primary N) is 1. The Morgan fingerprint density at radius 3 is 2.83 bits per heavy atom. The molecule has 0 aliphatic carbocycles. The summed E-state index contributed by atoms with van der Waals surface area (Å²) in [6, 6.07) is -0.165. The van der Waals surface area contributed by atoms with Crippen LogP contribution in [0.3, 0.4) is 0 Å². The van der Waals surface area contributed by atoms with Gasteiger partial charge < -0.3 is 15.8 Å². The van der Waals surface area contributed by atoms with Crippen LogP contribution in [0.1, 0.15) is 19.3 Å². The topological polar surface area (TPSA) is 102 Å². The van der Waals surface area contributed by atoms with Gasteiger partial charge in [-0.2, -0.15) is 4.31 Å². The van der Waals surface area contributed by atoms with Crippen molar-refractivity contribution in [3.8, 4) is 0 Å². The van der Waals surface area contributed by atoms with Crippen LogP contribution in [0.4, 0.5) is 4.79 Å². The monoisotopic (exact) mass is 279 g/mol. The number of unbranched alkanes of at least 4 members (excludes halogenated alkanes) is 1. The molecule has 1 heterocycles. The molecule has 106 valence electrons. The van der Waals surface area contributed by atoms with E-state index < -0.39 is 16.1 Å². The highest BCUT2D eigenvalue weighted by atomic mass is 32.2. The van der Waals surface area contributed by atoms with Gasteiger partial charge in [-0.05, 0) is 25.8 Å². The zero-order chi connectivity index (χ0) is 13.6. The van der Waals surface area contributed by atoms with E-state index in [0.717, 1.165) is 0 Å². The summed E-state index contributed by atoms with van der Waals surface area (Å²) in [5.74, 6) is 0.120. The van der Waals surface area contributed by atoms with Gasteiger partial charge in [0.2, 0.25) is 10.0 Å². The van der Waals surface area contributed by atoms with Gasteiger partial charge in [-0.15, -0.1) is 0 Å². The van der Waals surface area contributed by atoms with Gasteiger partial charge in [-0.25, -0.2) is 13.2 Å². The van der Waals surface area contributed by atoms with E-state index >= 15 is 0 Å². The van der Waals surface area contributed by atoms with Crippen molar-refractivity contribution in [1.29, 1.82) is 0 Å². The third-order valence-electron chi connectivity index (χ3n) is 2.91. The van der Waals surface area contributed by atoms with Gasteiger partial charge in [0.25, 0.3) is 0 Å². The molecular weight excluding hydrogens is 258 g/mol. The average Bonchev–Trinajstić information content (AvgIpc) is 2.78. The van der Waals surface area contributed by atoms with Crippen LogP contribution in [0.5, 0.6) is 0 Å². The van der Waals surface area contributed by atoms with E-state index in [4.69, 9.17) is 5.73 Å². The number of rotatable bonds is 6. The summed E-state index contributed by atoms with van der Waals surface area (Å²) in [5.41, 5.74) is 5.33. The number of nitrogens with zero attached hydrogens (tertiary/aromatic N) is 1. The summed E-state index contributed by atoms with van der Waals surface area (Å²) < 4.78 is 29.8. The van der Waals surface area contributed by atoms with Gasteiger partial charge in [0.1, 0.15) is 0 Å². The molecule has 0 aromatic rings. The lowest BCUT2D eigenvalue weighted by Gasteiger charge is -2.16.